The lowest BCUT2D eigenvalue weighted by Crippen LogP contribution is -2.40. The second-order valence-electron chi connectivity index (χ2n) is 6.34. The van der Waals surface area contributed by atoms with Crippen LogP contribution >= 0.6 is 24.8 Å². The van der Waals surface area contributed by atoms with E-state index in [1.807, 2.05) is 17.0 Å². The summed E-state index contributed by atoms with van der Waals surface area (Å²) in [6.45, 7) is 3.50. The van der Waals surface area contributed by atoms with E-state index < -0.39 is 0 Å². The molecule has 0 aromatic carbocycles. The molecule has 0 aliphatic carbocycles. The van der Waals surface area contributed by atoms with Gasteiger partial charge in [0.1, 0.15) is 5.82 Å². The monoisotopic (exact) mass is 374 g/mol. The number of anilines is 1. The van der Waals surface area contributed by atoms with Crippen LogP contribution in [0.1, 0.15) is 48.9 Å². The molecule has 24 heavy (non-hydrogen) atoms. The molecule has 2 aliphatic heterocycles. The molecule has 2 aliphatic rings. The summed E-state index contributed by atoms with van der Waals surface area (Å²) < 4.78 is 0. The van der Waals surface area contributed by atoms with Crippen LogP contribution in [0, 0.1) is 0 Å². The van der Waals surface area contributed by atoms with Gasteiger partial charge in [0.15, 0.2) is 0 Å². The Balaban J connectivity index is 0.00000144. The zero-order valence-corrected chi connectivity index (χ0v) is 15.7. The largest absolute Gasteiger partial charge is 0.357 e. The average Bonchev–Trinajstić information content (AvgIpc) is 2.88. The fourth-order valence-corrected chi connectivity index (χ4v) is 3.51. The zero-order valence-electron chi connectivity index (χ0n) is 14.0. The number of amides is 1. The lowest BCUT2D eigenvalue weighted by molar-refractivity contribution is 0.0741. The van der Waals surface area contributed by atoms with Gasteiger partial charge in [0.2, 0.25) is 0 Å². The van der Waals surface area contributed by atoms with Crippen LogP contribution in [-0.4, -0.2) is 48.0 Å². The van der Waals surface area contributed by atoms with Crippen molar-refractivity contribution in [3.05, 3.63) is 23.9 Å². The maximum absolute atomic E-state index is 12.6. The van der Waals surface area contributed by atoms with Crippen LogP contribution in [0.4, 0.5) is 5.82 Å². The molecule has 1 atom stereocenters. The maximum atomic E-state index is 12.6. The summed E-state index contributed by atoms with van der Waals surface area (Å²) >= 11 is 0. The molecular formula is C17H28Cl2N4O. The number of nitrogens with two attached hydrogens (primary N) is 1. The Labute approximate surface area is 156 Å². The van der Waals surface area contributed by atoms with E-state index in [1.165, 1.54) is 25.7 Å². The Bertz CT molecular complexity index is 504. The second kappa shape index (κ2) is 10.1. The summed E-state index contributed by atoms with van der Waals surface area (Å²) in [5.41, 5.74) is 6.44. The van der Waals surface area contributed by atoms with E-state index >= 15 is 0 Å². The number of hydrogen-bond acceptors (Lipinski definition) is 4. The Morgan fingerprint density at radius 1 is 1.08 bits per heavy atom. The first-order chi connectivity index (χ1) is 10.8. The first-order valence-corrected chi connectivity index (χ1v) is 8.51. The van der Waals surface area contributed by atoms with Crippen LogP contribution in [0.25, 0.3) is 0 Å². The number of pyridine rings is 1. The molecule has 1 aromatic heterocycles. The molecule has 2 saturated heterocycles. The van der Waals surface area contributed by atoms with Crippen molar-refractivity contribution in [2.45, 2.75) is 44.6 Å². The summed E-state index contributed by atoms with van der Waals surface area (Å²) in [5.74, 6) is 1.07. The molecule has 2 N–H and O–H groups in total. The molecule has 0 saturated carbocycles. The number of likely N-dealkylation sites (tertiary alicyclic amines) is 1. The Morgan fingerprint density at radius 3 is 2.38 bits per heavy atom. The first kappa shape index (κ1) is 21.0. The van der Waals surface area contributed by atoms with Crippen molar-refractivity contribution in [3.8, 4) is 0 Å². The third kappa shape index (κ3) is 4.74. The third-order valence-corrected chi connectivity index (χ3v) is 4.83. The Kier molecular flexibility index (Phi) is 8.81. The Morgan fingerprint density at radius 2 is 1.79 bits per heavy atom. The van der Waals surface area contributed by atoms with Gasteiger partial charge in [0.25, 0.3) is 5.91 Å². The molecule has 0 spiro atoms. The van der Waals surface area contributed by atoms with Gasteiger partial charge in [0, 0.05) is 38.4 Å². The van der Waals surface area contributed by atoms with Gasteiger partial charge in [-0.1, -0.05) is 12.8 Å². The molecule has 2 fully saturated rings. The van der Waals surface area contributed by atoms with Crippen molar-refractivity contribution in [2.75, 3.05) is 31.1 Å². The van der Waals surface area contributed by atoms with E-state index in [9.17, 15) is 4.79 Å². The number of rotatable bonds is 3. The molecular weight excluding hydrogens is 347 g/mol. The van der Waals surface area contributed by atoms with Crippen molar-refractivity contribution < 1.29 is 4.79 Å². The van der Waals surface area contributed by atoms with Crippen molar-refractivity contribution in [2.24, 2.45) is 5.73 Å². The van der Waals surface area contributed by atoms with E-state index in [0.717, 1.165) is 38.3 Å². The minimum Gasteiger partial charge on any atom is -0.357 e. The summed E-state index contributed by atoms with van der Waals surface area (Å²) in [4.78, 5) is 21.3. The van der Waals surface area contributed by atoms with Crippen molar-refractivity contribution in [1.29, 1.82) is 0 Å². The predicted octanol–water partition coefficient (Wildman–Crippen LogP) is 2.87. The minimum atomic E-state index is 0. The van der Waals surface area contributed by atoms with Crippen molar-refractivity contribution in [1.82, 2.24) is 9.88 Å². The highest BCUT2D eigenvalue weighted by molar-refractivity contribution is 5.94. The number of carbonyl (C=O) groups is 1. The van der Waals surface area contributed by atoms with Gasteiger partial charge in [-0.2, -0.15) is 0 Å². The van der Waals surface area contributed by atoms with E-state index in [4.69, 9.17) is 5.73 Å². The molecule has 1 unspecified atom stereocenters. The van der Waals surface area contributed by atoms with Gasteiger partial charge in [0.05, 0.1) is 5.56 Å². The SMILES string of the molecule is Cl.Cl.NCC1CCCN1C(=O)c1ccc(N2CCCCCC2)nc1. The van der Waals surface area contributed by atoms with Gasteiger partial charge < -0.3 is 15.5 Å². The van der Waals surface area contributed by atoms with Crippen molar-refractivity contribution in [3.63, 3.8) is 0 Å². The van der Waals surface area contributed by atoms with Crippen LogP contribution < -0.4 is 10.6 Å². The number of aromatic nitrogens is 1. The number of nitrogens with zero attached hydrogens (tertiary/aromatic N) is 3. The van der Waals surface area contributed by atoms with Crippen LogP contribution in [0.5, 0.6) is 0 Å². The summed E-state index contributed by atoms with van der Waals surface area (Å²) in [7, 11) is 0. The van der Waals surface area contributed by atoms with Crippen LogP contribution in [-0.2, 0) is 0 Å². The van der Waals surface area contributed by atoms with Crippen LogP contribution in [0.2, 0.25) is 0 Å². The van der Waals surface area contributed by atoms with E-state index in [0.29, 0.717) is 12.1 Å². The Hall–Kier alpha value is -1.04. The quantitative estimate of drug-likeness (QED) is 0.883. The highest BCUT2D eigenvalue weighted by atomic mass is 35.5. The fourth-order valence-electron chi connectivity index (χ4n) is 3.51. The molecule has 0 radical (unpaired) electrons. The maximum Gasteiger partial charge on any atom is 0.255 e. The topological polar surface area (TPSA) is 62.5 Å². The third-order valence-electron chi connectivity index (χ3n) is 4.83. The molecule has 1 aromatic rings. The standard InChI is InChI=1S/C17H26N4O.2ClH/c18-12-15-6-5-11-21(15)17(22)14-7-8-16(19-13-14)20-9-3-1-2-4-10-20;;/h7-8,13,15H,1-6,9-12,18H2;2*1H. The molecule has 3 rings (SSSR count). The normalized spacial score (nSPS) is 20.8. The summed E-state index contributed by atoms with van der Waals surface area (Å²) in [6.07, 6.45) is 8.87. The molecule has 7 heteroatoms. The number of halogens is 2. The van der Waals surface area contributed by atoms with Gasteiger partial charge in [-0.15, -0.1) is 24.8 Å². The van der Waals surface area contributed by atoms with Crippen molar-refractivity contribution >= 4 is 36.5 Å². The smallest absolute Gasteiger partial charge is 0.255 e. The van der Waals surface area contributed by atoms with Crippen LogP contribution in [0.3, 0.4) is 0 Å². The summed E-state index contributed by atoms with van der Waals surface area (Å²) in [5, 5.41) is 0. The van der Waals surface area contributed by atoms with Crippen LogP contribution in [0.15, 0.2) is 18.3 Å². The minimum absolute atomic E-state index is 0. The number of hydrogen-bond donors (Lipinski definition) is 1. The molecule has 136 valence electrons. The molecule has 3 heterocycles. The van der Waals surface area contributed by atoms with E-state index in [1.54, 1.807) is 6.20 Å². The predicted molar refractivity (Wildman–Crippen MR) is 103 cm³/mol. The molecule has 0 bridgehead atoms. The highest BCUT2D eigenvalue weighted by Gasteiger charge is 2.28. The zero-order chi connectivity index (χ0) is 15.4. The van der Waals surface area contributed by atoms with Gasteiger partial charge in [-0.25, -0.2) is 4.98 Å². The molecule has 1 amide bonds. The second-order valence-corrected chi connectivity index (χ2v) is 6.34. The first-order valence-electron chi connectivity index (χ1n) is 8.51. The lowest BCUT2D eigenvalue weighted by atomic mass is 10.2. The summed E-state index contributed by atoms with van der Waals surface area (Å²) in [6, 6.07) is 4.10. The average molecular weight is 375 g/mol. The van der Waals surface area contributed by atoms with E-state index in [-0.39, 0.29) is 36.8 Å². The van der Waals surface area contributed by atoms with Gasteiger partial charge in [-0.3, -0.25) is 4.79 Å². The van der Waals surface area contributed by atoms with Gasteiger partial charge >= 0.3 is 0 Å². The lowest BCUT2D eigenvalue weighted by Gasteiger charge is -2.24. The molecule has 5 nitrogen and oxygen atoms in total. The number of carbonyl (C=O) groups excluding carboxylic acids is 1. The fraction of sp³-hybridized carbons (Fsp3) is 0.647. The van der Waals surface area contributed by atoms with Gasteiger partial charge in [-0.05, 0) is 37.8 Å². The highest BCUT2D eigenvalue weighted by Crippen LogP contribution is 2.21. The van der Waals surface area contributed by atoms with E-state index in [2.05, 4.69) is 9.88 Å².